The Balaban J connectivity index is 0. The van der Waals surface area contributed by atoms with Crippen LogP contribution in [0, 0.1) is 14.9 Å². The van der Waals surface area contributed by atoms with Crippen LogP contribution >= 0.6 is 0 Å². The maximum Gasteiger partial charge on any atom is 0 e. The molecule has 28 valence electrons. The molecule has 0 nitrogen and oxygen atoms in total. The van der Waals surface area contributed by atoms with Crippen LogP contribution in [0.25, 0.3) is 0 Å². The Labute approximate surface area is 142 Å². The standard InChI is InChI=1S/2CH3.4Y/h2*1H3;;;;/q2*-1;;;;. The van der Waals surface area contributed by atoms with E-state index in [4.69, 9.17) is 0 Å². The second kappa shape index (κ2) is 34.2. The van der Waals surface area contributed by atoms with E-state index in [1.807, 2.05) is 0 Å². The van der Waals surface area contributed by atoms with Crippen molar-refractivity contribution >= 4 is 0 Å². The molecule has 0 aromatic heterocycles. The van der Waals surface area contributed by atoms with Crippen LogP contribution in [-0.4, -0.2) is 0 Å². The van der Waals surface area contributed by atoms with Crippen LogP contribution in [0.3, 0.4) is 0 Å². The fourth-order valence-corrected chi connectivity index (χ4v) is 0. The van der Waals surface area contributed by atoms with E-state index in [1.165, 1.54) is 0 Å². The van der Waals surface area contributed by atoms with Gasteiger partial charge in [-0.2, -0.15) is 0 Å². The molecule has 0 bridgehead atoms. The van der Waals surface area contributed by atoms with Crippen molar-refractivity contribution in [3.05, 3.63) is 14.9 Å². The molecule has 0 aliphatic heterocycles. The Morgan fingerprint density at radius 2 is 0.333 bits per heavy atom. The Kier molecular flexibility index (Phi) is 270. The molecule has 0 aromatic carbocycles. The average Bonchev–Trinajstić information content (AvgIpc) is 0. The quantitative estimate of drug-likeness (QED) is 0.543. The van der Waals surface area contributed by atoms with Gasteiger partial charge in [0.1, 0.15) is 0 Å². The van der Waals surface area contributed by atoms with Crippen LogP contribution in [0.1, 0.15) is 0 Å². The maximum atomic E-state index is 0. The molecule has 0 amide bonds. The van der Waals surface area contributed by atoms with Gasteiger partial charge in [0.2, 0.25) is 0 Å². The molecular weight excluding hydrogens is 380 g/mol. The smallest absolute Gasteiger partial charge is 0 e. The zero-order valence-electron chi connectivity index (χ0n) is 4.31. The normalized spacial score (nSPS) is 0. The van der Waals surface area contributed by atoms with Gasteiger partial charge in [0.05, 0.1) is 0 Å². The molecule has 0 rings (SSSR count). The molecule has 0 aromatic rings. The van der Waals surface area contributed by atoms with E-state index >= 15 is 0 Å². The van der Waals surface area contributed by atoms with Crippen molar-refractivity contribution in [3.63, 3.8) is 0 Å². The minimum atomic E-state index is 0. The van der Waals surface area contributed by atoms with E-state index in [0.29, 0.717) is 0 Å². The first kappa shape index (κ1) is 47.4. The summed E-state index contributed by atoms with van der Waals surface area (Å²) in [6.07, 6.45) is 0. The van der Waals surface area contributed by atoms with Gasteiger partial charge >= 0.3 is 0 Å². The summed E-state index contributed by atoms with van der Waals surface area (Å²) >= 11 is 0. The molecule has 0 saturated heterocycles. The van der Waals surface area contributed by atoms with Crippen LogP contribution in [0.4, 0.5) is 0 Å². The van der Waals surface area contributed by atoms with Crippen LogP contribution in [0.15, 0.2) is 0 Å². The van der Waals surface area contributed by atoms with Crippen LogP contribution in [-0.2, 0) is 131 Å². The zero-order valence-corrected chi connectivity index (χ0v) is 15.7. The van der Waals surface area contributed by atoms with Crippen LogP contribution < -0.4 is 0 Å². The Bertz CT molecular complexity index is 5.51. The van der Waals surface area contributed by atoms with Crippen molar-refractivity contribution in [2.75, 3.05) is 0 Å². The topological polar surface area (TPSA) is 0 Å². The first-order valence-corrected chi connectivity index (χ1v) is 0. The zero-order chi connectivity index (χ0) is 0. The third kappa shape index (κ3) is 23.7. The fraction of sp³-hybridized carbons (Fsp3) is 0. The SMILES string of the molecule is [CH3-].[CH3-].[Y].[Y].[Y].[Y]. The maximum absolute atomic E-state index is 0. The van der Waals surface area contributed by atoms with Crippen molar-refractivity contribution in [3.8, 4) is 0 Å². The third-order valence-electron chi connectivity index (χ3n) is 0. The van der Waals surface area contributed by atoms with Gasteiger partial charge in [0.15, 0.2) is 0 Å². The van der Waals surface area contributed by atoms with E-state index in [9.17, 15) is 0 Å². The summed E-state index contributed by atoms with van der Waals surface area (Å²) in [6.45, 7) is 0. The van der Waals surface area contributed by atoms with Crippen molar-refractivity contribution < 1.29 is 131 Å². The van der Waals surface area contributed by atoms with Gasteiger partial charge in [-0.15, -0.1) is 0 Å². The summed E-state index contributed by atoms with van der Waals surface area (Å²) in [6, 6.07) is 0. The fourth-order valence-electron chi connectivity index (χ4n) is 0. The molecule has 4 radical (unpaired) electrons. The number of hydrogen-bond donors (Lipinski definition) is 0. The second-order valence-corrected chi connectivity index (χ2v) is 0. The third-order valence-corrected chi connectivity index (χ3v) is 0. The molecule has 0 saturated carbocycles. The summed E-state index contributed by atoms with van der Waals surface area (Å²) < 4.78 is 0. The van der Waals surface area contributed by atoms with Gasteiger partial charge < -0.3 is 14.9 Å². The van der Waals surface area contributed by atoms with Gasteiger partial charge in [-0.1, -0.05) is 0 Å². The monoisotopic (exact) mass is 386 g/mol. The van der Waals surface area contributed by atoms with Crippen LogP contribution in [0.2, 0.25) is 0 Å². The minimum Gasteiger partial charge on any atom is -0.358 e. The van der Waals surface area contributed by atoms with E-state index in [2.05, 4.69) is 0 Å². The molecule has 0 unspecified atom stereocenters. The van der Waals surface area contributed by atoms with E-state index in [0.717, 1.165) is 0 Å². The van der Waals surface area contributed by atoms with Crippen molar-refractivity contribution in [1.29, 1.82) is 0 Å². The summed E-state index contributed by atoms with van der Waals surface area (Å²) in [7, 11) is 0. The summed E-state index contributed by atoms with van der Waals surface area (Å²) in [5.41, 5.74) is 0. The molecule has 0 heterocycles. The van der Waals surface area contributed by atoms with Gasteiger partial charge in [0, 0.05) is 131 Å². The summed E-state index contributed by atoms with van der Waals surface area (Å²) in [4.78, 5) is 0. The van der Waals surface area contributed by atoms with Gasteiger partial charge in [-0.3, -0.25) is 0 Å². The van der Waals surface area contributed by atoms with Gasteiger partial charge in [-0.05, 0) is 0 Å². The second-order valence-electron chi connectivity index (χ2n) is 0. The molecule has 0 aliphatic carbocycles. The summed E-state index contributed by atoms with van der Waals surface area (Å²) in [5, 5.41) is 0. The average molecular weight is 386 g/mol. The molecule has 4 heteroatoms. The molecular formula is C2H6Y4-2. The number of hydrogen-bond acceptors (Lipinski definition) is 0. The first-order chi connectivity index (χ1) is 0. The molecule has 6 heavy (non-hydrogen) atoms. The predicted octanol–water partition coefficient (Wildman–Crippen LogP) is 0.891. The summed E-state index contributed by atoms with van der Waals surface area (Å²) in [5.74, 6) is 0. The number of rotatable bonds is 0. The Morgan fingerprint density at radius 3 is 0.333 bits per heavy atom. The van der Waals surface area contributed by atoms with Crippen molar-refractivity contribution in [2.45, 2.75) is 0 Å². The van der Waals surface area contributed by atoms with E-state index in [-0.39, 0.29) is 146 Å². The molecule has 0 fully saturated rings. The van der Waals surface area contributed by atoms with Crippen molar-refractivity contribution in [1.82, 2.24) is 0 Å². The Hall–Kier alpha value is 4.42. The minimum absolute atomic E-state index is 0. The molecule has 0 N–H and O–H groups in total. The van der Waals surface area contributed by atoms with Crippen molar-refractivity contribution in [2.24, 2.45) is 0 Å². The van der Waals surface area contributed by atoms with E-state index in [1.54, 1.807) is 0 Å². The molecule has 0 spiro atoms. The molecule has 0 aliphatic rings. The Morgan fingerprint density at radius 1 is 0.333 bits per heavy atom. The predicted molar refractivity (Wildman–Crippen MR) is 12.8 cm³/mol. The van der Waals surface area contributed by atoms with E-state index < -0.39 is 0 Å². The molecule has 0 atom stereocenters. The first-order valence-electron chi connectivity index (χ1n) is 0. The van der Waals surface area contributed by atoms with Gasteiger partial charge in [0.25, 0.3) is 0 Å². The van der Waals surface area contributed by atoms with Crippen LogP contribution in [0.5, 0.6) is 0 Å². The largest absolute Gasteiger partial charge is 0.358 e. The van der Waals surface area contributed by atoms with Gasteiger partial charge in [-0.25, -0.2) is 0 Å².